The highest BCUT2D eigenvalue weighted by molar-refractivity contribution is 5.75. The molecule has 0 aliphatic heterocycles. The molecule has 0 saturated heterocycles. The van der Waals surface area contributed by atoms with Crippen LogP contribution in [0, 0.1) is 0 Å². The highest BCUT2D eigenvalue weighted by atomic mass is 16.4. The van der Waals surface area contributed by atoms with Gasteiger partial charge in [0.2, 0.25) is 0 Å². The van der Waals surface area contributed by atoms with E-state index in [9.17, 15) is 9.90 Å². The number of rotatable bonds is 3. The van der Waals surface area contributed by atoms with Crippen LogP contribution in [0.2, 0.25) is 0 Å². The Morgan fingerprint density at radius 2 is 2.25 bits per heavy atom. The van der Waals surface area contributed by atoms with Crippen LogP contribution in [0.5, 0.6) is 0 Å². The van der Waals surface area contributed by atoms with Crippen LogP contribution >= 0.6 is 0 Å². The van der Waals surface area contributed by atoms with Crippen LogP contribution in [-0.2, 0) is 4.79 Å². The molecule has 0 amide bonds. The number of aliphatic hydroxyl groups is 1. The van der Waals surface area contributed by atoms with Gasteiger partial charge in [0, 0.05) is 11.8 Å². The first-order valence-electron chi connectivity index (χ1n) is 4.70. The Hall–Kier alpha value is -1.92. The summed E-state index contributed by atoms with van der Waals surface area (Å²) in [5.74, 6) is -1.25. The summed E-state index contributed by atoms with van der Waals surface area (Å²) in [5.41, 5.74) is 6.41. The SMILES string of the molecule is NC(C(=O)O)C(O)c1cnn2ccccc12. The van der Waals surface area contributed by atoms with Gasteiger partial charge in [-0.2, -0.15) is 5.10 Å². The zero-order valence-corrected chi connectivity index (χ0v) is 8.32. The molecule has 84 valence electrons. The van der Waals surface area contributed by atoms with Gasteiger partial charge in [-0.05, 0) is 12.1 Å². The van der Waals surface area contributed by atoms with Gasteiger partial charge >= 0.3 is 5.97 Å². The first kappa shape index (κ1) is 10.6. The molecule has 0 aliphatic carbocycles. The lowest BCUT2D eigenvalue weighted by Crippen LogP contribution is -2.36. The van der Waals surface area contributed by atoms with E-state index in [0.717, 1.165) is 0 Å². The summed E-state index contributed by atoms with van der Waals surface area (Å²) in [4.78, 5) is 10.7. The molecule has 2 unspecified atom stereocenters. The smallest absolute Gasteiger partial charge is 0.323 e. The Labute approximate surface area is 90.9 Å². The minimum atomic E-state index is -1.35. The predicted octanol–water partition coefficient (Wildman–Crippen LogP) is -0.220. The Balaban J connectivity index is 2.44. The van der Waals surface area contributed by atoms with Crippen LogP contribution < -0.4 is 5.73 Å². The minimum absolute atomic E-state index is 0.413. The fourth-order valence-corrected chi connectivity index (χ4v) is 1.51. The third-order valence-corrected chi connectivity index (χ3v) is 2.40. The Morgan fingerprint density at radius 3 is 2.94 bits per heavy atom. The molecule has 2 rings (SSSR count). The number of aliphatic hydroxyl groups excluding tert-OH is 1. The second-order valence-electron chi connectivity index (χ2n) is 3.44. The van der Waals surface area contributed by atoms with Crippen LogP contribution in [0.25, 0.3) is 5.52 Å². The number of nitrogens with two attached hydrogens (primary N) is 1. The molecule has 6 nitrogen and oxygen atoms in total. The highest BCUT2D eigenvalue weighted by Gasteiger charge is 2.25. The van der Waals surface area contributed by atoms with Crippen molar-refractivity contribution in [2.24, 2.45) is 5.73 Å². The third kappa shape index (κ3) is 1.64. The summed E-state index contributed by atoms with van der Waals surface area (Å²) in [6, 6.07) is 3.95. The van der Waals surface area contributed by atoms with Crippen molar-refractivity contribution in [1.29, 1.82) is 0 Å². The van der Waals surface area contributed by atoms with Crippen LogP contribution in [0.15, 0.2) is 30.6 Å². The van der Waals surface area contributed by atoms with E-state index in [-0.39, 0.29) is 0 Å². The number of hydrogen-bond acceptors (Lipinski definition) is 4. The molecular formula is C10H11N3O3. The fraction of sp³-hybridized carbons (Fsp3) is 0.200. The Bertz CT molecular complexity index is 523. The van der Waals surface area contributed by atoms with Crippen molar-refractivity contribution in [2.45, 2.75) is 12.1 Å². The molecular weight excluding hydrogens is 210 g/mol. The summed E-state index contributed by atoms with van der Waals surface area (Å²) in [6.45, 7) is 0. The Kier molecular flexibility index (Phi) is 2.59. The fourth-order valence-electron chi connectivity index (χ4n) is 1.51. The van der Waals surface area contributed by atoms with Gasteiger partial charge in [-0.15, -0.1) is 0 Å². The zero-order valence-electron chi connectivity index (χ0n) is 8.32. The number of nitrogens with zero attached hydrogens (tertiary/aromatic N) is 2. The van der Waals surface area contributed by atoms with Gasteiger partial charge in [-0.1, -0.05) is 6.07 Å². The molecule has 16 heavy (non-hydrogen) atoms. The summed E-state index contributed by atoms with van der Waals surface area (Å²) >= 11 is 0. The number of aliphatic carboxylic acids is 1. The number of aromatic nitrogens is 2. The van der Waals surface area contributed by atoms with Gasteiger partial charge in [0.05, 0.1) is 11.7 Å². The van der Waals surface area contributed by atoms with E-state index in [1.54, 1.807) is 28.9 Å². The van der Waals surface area contributed by atoms with Crippen LogP contribution in [0.3, 0.4) is 0 Å². The number of carboxylic acids is 1. The molecule has 2 heterocycles. The number of fused-ring (bicyclic) bond motifs is 1. The average Bonchev–Trinajstić information content (AvgIpc) is 2.70. The quantitative estimate of drug-likeness (QED) is 0.665. The molecule has 0 spiro atoms. The van der Waals surface area contributed by atoms with Crippen LogP contribution in [0.1, 0.15) is 11.7 Å². The topological polar surface area (TPSA) is 101 Å². The number of hydrogen-bond donors (Lipinski definition) is 3. The lowest BCUT2D eigenvalue weighted by atomic mass is 10.0. The van der Waals surface area contributed by atoms with Crippen molar-refractivity contribution in [3.63, 3.8) is 0 Å². The maximum absolute atomic E-state index is 10.7. The van der Waals surface area contributed by atoms with E-state index in [2.05, 4.69) is 5.10 Å². The molecule has 2 atom stereocenters. The summed E-state index contributed by atoms with van der Waals surface area (Å²) in [5, 5.41) is 22.5. The maximum Gasteiger partial charge on any atom is 0.323 e. The normalized spacial score (nSPS) is 14.9. The second kappa shape index (κ2) is 3.92. The lowest BCUT2D eigenvalue weighted by molar-refractivity contribution is -0.141. The molecule has 0 aromatic carbocycles. The zero-order chi connectivity index (χ0) is 11.7. The third-order valence-electron chi connectivity index (χ3n) is 2.40. The summed E-state index contributed by atoms with van der Waals surface area (Å²) < 4.78 is 1.55. The standard InChI is InChI=1S/C10H11N3O3/c11-8(10(15)16)9(14)6-5-12-13-4-2-1-3-7(6)13/h1-5,8-9,14H,11H2,(H,15,16). The highest BCUT2D eigenvalue weighted by Crippen LogP contribution is 2.20. The van der Waals surface area contributed by atoms with Crippen molar-refractivity contribution in [1.82, 2.24) is 9.61 Å². The molecule has 2 aromatic rings. The van der Waals surface area contributed by atoms with E-state index in [1.807, 2.05) is 0 Å². The van der Waals surface area contributed by atoms with Crippen LogP contribution in [-0.4, -0.2) is 31.8 Å². The number of carboxylic acid groups (broad SMARTS) is 1. The van der Waals surface area contributed by atoms with Crippen molar-refractivity contribution < 1.29 is 15.0 Å². The van der Waals surface area contributed by atoms with Gasteiger partial charge in [-0.25, -0.2) is 4.52 Å². The van der Waals surface area contributed by atoms with Gasteiger partial charge in [0.15, 0.2) is 0 Å². The van der Waals surface area contributed by atoms with Crippen molar-refractivity contribution in [2.75, 3.05) is 0 Å². The van der Waals surface area contributed by atoms with Gasteiger partial charge in [0.1, 0.15) is 12.1 Å². The van der Waals surface area contributed by atoms with E-state index < -0.39 is 18.1 Å². The van der Waals surface area contributed by atoms with E-state index in [1.165, 1.54) is 6.20 Å². The first-order chi connectivity index (χ1) is 7.61. The van der Waals surface area contributed by atoms with E-state index in [0.29, 0.717) is 11.1 Å². The van der Waals surface area contributed by atoms with Gasteiger partial charge in [-0.3, -0.25) is 4.79 Å². The second-order valence-corrected chi connectivity index (χ2v) is 3.44. The molecule has 2 aromatic heterocycles. The molecule has 0 fully saturated rings. The van der Waals surface area contributed by atoms with E-state index >= 15 is 0 Å². The van der Waals surface area contributed by atoms with Gasteiger partial charge < -0.3 is 15.9 Å². The number of pyridine rings is 1. The summed E-state index contributed by atoms with van der Waals surface area (Å²) in [6.07, 6.45) is 1.86. The molecule has 6 heteroatoms. The minimum Gasteiger partial charge on any atom is -0.480 e. The van der Waals surface area contributed by atoms with Gasteiger partial charge in [0.25, 0.3) is 0 Å². The lowest BCUT2D eigenvalue weighted by Gasteiger charge is -2.13. The van der Waals surface area contributed by atoms with Crippen molar-refractivity contribution >= 4 is 11.5 Å². The number of carbonyl (C=O) groups is 1. The van der Waals surface area contributed by atoms with Crippen molar-refractivity contribution in [3.05, 3.63) is 36.2 Å². The van der Waals surface area contributed by atoms with Crippen molar-refractivity contribution in [3.8, 4) is 0 Å². The molecule has 0 saturated carbocycles. The monoisotopic (exact) mass is 221 g/mol. The molecule has 0 aliphatic rings. The first-order valence-corrected chi connectivity index (χ1v) is 4.70. The molecule has 0 bridgehead atoms. The summed E-state index contributed by atoms with van der Waals surface area (Å²) in [7, 11) is 0. The van der Waals surface area contributed by atoms with Crippen LogP contribution in [0.4, 0.5) is 0 Å². The maximum atomic E-state index is 10.7. The Morgan fingerprint density at radius 1 is 1.50 bits per heavy atom. The van der Waals surface area contributed by atoms with E-state index in [4.69, 9.17) is 10.8 Å². The largest absolute Gasteiger partial charge is 0.480 e. The molecule has 0 radical (unpaired) electrons. The predicted molar refractivity (Wildman–Crippen MR) is 55.8 cm³/mol. The molecule has 4 N–H and O–H groups in total. The average molecular weight is 221 g/mol.